The summed E-state index contributed by atoms with van der Waals surface area (Å²) in [5.74, 6) is -1.19. The molecule has 1 aliphatic carbocycles. The molecule has 0 saturated heterocycles. The molecule has 0 fully saturated rings. The lowest BCUT2D eigenvalue weighted by atomic mass is 9.77. The van der Waals surface area contributed by atoms with E-state index in [-0.39, 0.29) is 18.4 Å². The molecule has 0 aromatic heterocycles. The van der Waals surface area contributed by atoms with Crippen molar-refractivity contribution < 1.29 is 14.7 Å². The van der Waals surface area contributed by atoms with Gasteiger partial charge in [0, 0.05) is 0 Å². The third-order valence-corrected chi connectivity index (χ3v) is 2.97. The Labute approximate surface area is 98.6 Å². The summed E-state index contributed by atoms with van der Waals surface area (Å²) in [6.45, 7) is -0.132. The summed E-state index contributed by atoms with van der Waals surface area (Å²) in [4.78, 5) is 22.3. The van der Waals surface area contributed by atoms with E-state index in [9.17, 15) is 9.59 Å². The number of amides is 2. The fraction of sp³-hybridized carbons (Fsp3) is 0.333. The second-order valence-corrected chi connectivity index (χ2v) is 4.12. The first-order valence-electron chi connectivity index (χ1n) is 5.42. The highest BCUT2D eigenvalue weighted by Gasteiger charge is 2.31. The van der Waals surface area contributed by atoms with Gasteiger partial charge in [-0.2, -0.15) is 0 Å². The Balaban J connectivity index is 1.90. The van der Waals surface area contributed by atoms with Gasteiger partial charge in [-0.3, -0.25) is 9.59 Å². The minimum Gasteiger partial charge on any atom is -0.381 e. The molecule has 0 radical (unpaired) electrons. The van der Waals surface area contributed by atoms with E-state index >= 15 is 0 Å². The van der Waals surface area contributed by atoms with Crippen LogP contribution in [-0.4, -0.2) is 29.6 Å². The third-order valence-electron chi connectivity index (χ3n) is 2.97. The zero-order chi connectivity index (χ0) is 12.4. The summed E-state index contributed by atoms with van der Waals surface area (Å²) in [5, 5.41) is 11.7. The topological polar surface area (TPSA) is 92.4 Å². The third kappa shape index (κ3) is 2.29. The molecular formula is C12H14N2O3. The van der Waals surface area contributed by atoms with Gasteiger partial charge < -0.3 is 16.2 Å². The van der Waals surface area contributed by atoms with Crippen molar-refractivity contribution in [2.45, 2.75) is 18.4 Å². The van der Waals surface area contributed by atoms with E-state index in [1.165, 1.54) is 5.56 Å². The largest absolute Gasteiger partial charge is 0.381 e. The van der Waals surface area contributed by atoms with Crippen LogP contribution in [0.2, 0.25) is 0 Å². The maximum atomic E-state index is 11.7. The van der Waals surface area contributed by atoms with Crippen molar-refractivity contribution >= 4 is 11.8 Å². The Kier molecular flexibility index (Phi) is 3.10. The van der Waals surface area contributed by atoms with Gasteiger partial charge in [-0.05, 0) is 17.5 Å². The second-order valence-electron chi connectivity index (χ2n) is 4.12. The summed E-state index contributed by atoms with van der Waals surface area (Å²) < 4.78 is 0. The van der Waals surface area contributed by atoms with Crippen molar-refractivity contribution in [1.29, 1.82) is 0 Å². The Morgan fingerprint density at radius 2 is 2.18 bits per heavy atom. The molecule has 0 aliphatic heterocycles. The van der Waals surface area contributed by atoms with Crippen LogP contribution in [0, 0.1) is 0 Å². The summed E-state index contributed by atoms with van der Waals surface area (Å²) >= 11 is 0. The summed E-state index contributed by atoms with van der Waals surface area (Å²) in [6, 6.07) is 7.71. The molecule has 1 aromatic rings. The van der Waals surface area contributed by atoms with Crippen LogP contribution in [0.5, 0.6) is 0 Å². The maximum Gasteiger partial charge on any atom is 0.248 e. The number of hydrogen-bond acceptors (Lipinski definition) is 3. The van der Waals surface area contributed by atoms with Gasteiger partial charge in [0.15, 0.2) is 0 Å². The molecule has 4 N–H and O–H groups in total. The number of hydrogen-bond donors (Lipinski definition) is 3. The molecule has 0 spiro atoms. The molecule has 1 aliphatic rings. The van der Waals surface area contributed by atoms with Gasteiger partial charge in [0.25, 0.3) is 0 Å². The standard InChI is InChI=1S/C12H14N2O3/c13-11(16)10(15)6-14-12(17)9-5-7-3-1-2-4-8(7)9/h1-4,9-10,15H,5-6H2,(H2,13,16)(H,14,17). The van der Waals surface area contributed by atoms with E-state index in [0.717, 1.165) is 5.56 Å². The summed E-state index contributed by atoms with van der Waals surface area (Å²) in [7, 11) is 0. The number of carbonyl (C=O) groups is 2. The average Bonchev–Trinajstić information content (AvgIpc) is 2.27. The number of nitrogens with one attached hydrogen (secondary N) is 1. The minimum atomic E-state index is -1.32. The quantitative estimate of drug-likeness (QED) is 0.642. The Morgan fingerprint density at radius 3 is 2.82 bits per heavy atom. The van der Waals surface area contributed by atoms with Crippen LogP contribution in [0.3, 0.4) is 0 Å². The first-order valence-corrected chi connectivity index (χ1v) is 5.42. The van der Waals surface area contributed by atoms with Gasteiger partial charge in [-0.1, -0.05) is 24.3 Å². The highest BCUT2D eigenvalue weighted by atomic mass is 16.3. The molecule has 90 valence electrons. The molecule has 0 bridgehead atoms. The lowest BCUT2D eigenvalue weighted by Crippen LogP contribution is -2.43. The van der Waals surface area contributed by atoms with Crippen LogP contribution in [0.4, 0.5) is 0 Å². The number of benzene rings is 1. The number of nitrogens with two attached hydrogens (primary N) is 1. The first kappa shape index (κ1) is 11.6. The van der Waals surface area contributed by atoms with E-state index in [2.05, 4.69) is 5.32 Å². The predicted octanol–water partition coefficient (Wildman–Crippen LogP) is -0.711. The Bertz CT molecular complexity index is 459. The van der Waals surface area contributed by atoms with Crippen molar-refractivity contribution in [2.24, 2.45) is 5.73 Å². The molecule has 5 nitrogen and oxygen atoms in total. The van der Waals surface area contributed by atoms with Crippen LogP contribution >= 0.6 is 0 Å². The predicted molar refractivity (Wildman–Crippen MR) is 61.1 cm³/mol. The molecule has 0 heterocycles. The van der Waals surface area contributed by atoms with Gasteiger partial charge in [0.2, 0.25) is 11.8 Å². The van der Waals surface area contributed by atoms with E-state index in [0.29, 0.717) is 6.42 Å². The minimum absolute atomic E-state index is 0.132. The smallest absolute Gasteiger partial charge is 0.248 e. The van der Waals surface area contributed by atoms with Gasteiger partial charge >= 0.3 is 0 Å². The SMILES string of the molecule is NC(=O)C(O)CNC(=O)C1Cc2ccccc21. The van der Waals surface area contributed by atoms with Crippen molar-refractivity contribution in [1.82, 2.24) is 5.32 Å². The molecule has 17 heavy (non-hydrogen) atoms. The molecule has 0 saturated carbocycles. The molecule has 2 rings (SSSR count). The Hall–Kier alpha value is -1.88. The van der Waals surface area contributed by atoms with Crippen molar-refractivity contribution in [2.75, 3.05) is 6.54 Å². The van der Waals surface area contributed by atoms with Gasteiger partial charge in [-0.25, -0.2) is 0 Å². The molecule has 5 heteroatoms. The Morgan fingerprint density at radius 1 is 1.47 bits per heavy atom. The number of fused-ring (bicyclic) bond motifs is 1. The molecule has 2 amide bonds. The fourth-order valence-corrected chi connectivity index (χ4v) is 1.91. The highest BCUT2D eigenvalue weighted by Crippen LogP contribution is 2.34. The van der Waals surface area contributed by atoms with Gasteiger partial charge in [-0.15, -0.1) is 0 Å². The fourth-order valence-electron chi connectivity index (χ4n) is 1.91. The monoisotopic (exact) mass is 234 g/mol. The summed E-state index contributed by atoms with van der Waals surface area (Å²) in [5.41, 5.74) is 7.06. The number of carbonyl (C=O) groups excluding carboxylic acids is 2. The van der Waals surface area contributed by atoms with Crippen molar-refractivity contribution in [3.8, 4) is 0 Å². The van der Waals surface area contributed by atoms with Crippen LogP contribution < -0.4 is 11.1 Å². The van der Waals surface area contributed by atoms with E-state index < -0.39 is 12.0 Å². The lowest BCUT2D eigenvalue weighted by Gasteiger charge is -2.29. The molecular weight excluding hydrogens is 220 g/mol. The van der Waals surface area contributed by atoms with E-state index in [4.69, 9.17) is 10.8 Å². The van der Waals surface area contributed by atoms with Gasteiger partial charge in [0.05, 0.1) is 12.5 Å². The normalized spacial score (nSPS) is 18.8. The first-order chi connectivity index (χ1) is 8.09. The maximum absolute atomic E-state index is 11.7. The zero-order valence-electron chi connectivity index (χ0n) is 9.22. The summed E-state index contributed by atoms with van der Waals surface area (Å²) in [6.07, 6.45) is -0.622. The van der Waals surface area contributed by atoms with Crippen LogP contribution in [0.25, 0.3) is 0 Å². The number of aliphatic hydroxyl groups excluding tert-OH is 1. The van der Waals surface area contributed by atoms with Gasteiger partial charge in [0.1, 0.15) is 6.10 Å². The zero-order valence-corrected chi connectivity index (χ0v) is 9.22. The number of aliphatic hydroxyl groups is 1. The van der Waals surface area contributed by atoms with Crippen LogP contribution in [0.15, 0.2) is 24.3 Å². The average molecular weight is 234 g/mol. The number of rotatable bonds is 4. The molecule has 1 aromatic carbocycles. The van der Waals surface area contributed by atoms with Crippen molar-refractivity contribution in [3.63, 3.8) is 0 Å². The number of primary amides is 1. The van der Waals surface area contributed by atoms with Crippen LogP contribution in [-0.2, 0) is 16.0 Å². The molecule has 2 unspecified atom stereocenters. The highest BCUT2D eigenvalue weighted by molar-refractivity contribution is 5.87. The van der Waals surface area contributed by atoms with E-state index in [1.807, 2.05) is 24.3 Å². The van der Waals surface area contributed by atoms with Crippen molar-refractivity contribution in [3.05, 3.63) is 35.4 Å². The van der Waals surface area contributed by atoms with Crippen LogP contribution in [0.1, 0.15) is 17.0 Å². The molecule has 2 atom stereocenters. The lowest BCUT2D eigenvalue weighted by molar-refractivity contribution is -0.127. The second kappa shape index (κ2) is 4.55. The van der Waals surface area contributed by atoms with E-state index in [1.54, 1.807) is 0 Å².